The number of nitrogens with zero attached hydrogens (tertiary/aromatic N) is 3. The zero-order valence-electron chi connectivity index (χ0n) is 12.2. The average Bonchev–Trinajstić information content (AvgIpc) is 2.38. The minimum atomic E-state index is 0.0720. The fraction of sp³-hybridized carbons (Fsp3) is 0.571. The van der Waals surface area contributed by atoms with E-state index in [1.807, 2.05) is 19.9 Å². The lowest BCUT2D eigenvalue weighted by molar-refractivity contribution is 0.189. The fourth-order valence-electron chi connectivity index (χ4n) is 2.74. The zero-order valence-corrected chi connectivity index (χ0v) is 12.2. The number of amidine groups is 1. The Kier molecular flexibility index (Phi) is 4.57. The first-order chi connectivity index (χ1) is 9.52. The van der Waals surface area contributed by atoms with Crippen LogP contribution in [0.4, 0.5) is 5.69 Å². The summed E-state index contributed by atoms with van der Waals surface area (Å²) in [5.74, 6) is 0.0720. The summed E-state index contributed by atoms with van der Waals surface area (Å²) >= 11 is 0. The molecule has 2 rings (SSSR count). The van der Waals surface area contributed by atoms with E-state index in [0.717, 1.165) is 55.4 Å². The highest BCUT2D eigenvalue weighted by molar-refractivity contribution is 6.01. The van der Waals surface area contributed by atoms with Crippen molar-refractivity contribution < 1.29 is 5.11 Å². The van der Waals surface area contributed by atoms with E-state index >= 15 is 0 Å². The first kappa shape index (κ1) is 14.7. The van der Waals surface area contributed by atoms with Crippen molar-refractivity contribution in [1.82, 2.24) is 9.88 Å². The number of pyridine rings is 1. The van der Waals surface area contributed by atoms with Crippen molar-refractivity contribution in [2.45, 2.75) is 13.8 Å². The van der Waals surface area contributed by atoms with Crippen LogP contribution in [0.3, 0.4) is 0 Å². The van der Waals surface area contributed by atoms with Crippen molar-refractivity contribution in [3.63, 3.8) is 0 Å². The van der Waals surface area contributed by atoms with Crippen LogP contribution in [0, 0.1) is 19.3 Å². The van der Waals surface area contributed by atoms with Gasteiger partial charge in [0.05, 0.1) is 23.6 Å². The predicted molar refractivity (Wildman–Crippen MR) is 80.5 cm³/mol. The number of anilines is 1. The molecule has 1 saturated heterocycles. The lowest BCUT2D eigenvalue weighted by Crippen LogP contribution is -2.47. The summed E-state index contributed by atoms with van der Waals surface area (Å²) in [4.78, 5) is 8.90. The number of aromatic nitrogens is 1. The van der Waals surface area contributed by atoms with Crippen molar-refractivity contribution in [3.8, 4) is 0 Å². The van der Waals surface area contributed by atoms with Gasteiger partial charge in [0, 0.05) is 38.4 Å². The number of β-amino-alcohol motifs (C(OH)–C–C–N with tert-alkyl or cyclic N) is 1. The maximum absolute atomic E-state index is 8.98. The van der Waals surface area contributed by atoms with Crippen LogP contribution in [0.15, 0.2) is 6.07 Å². The number of nitrogen functional groups attached to an aromatic ring is 1. The molecule has 0 unspecified atom stereocenters. The number of rotatable bonds is 4. The highest BCUT2D eigenvalue weighted by atomic mass is 16.3. The Labute approximate surface area is 119 Å². The van der Waals surface area contributed by atoms with Crippen LogP contribution in [0.25, 0.3) is 0 Å². The number of aliphatic hydroxyl groups excluding tert-OH is 1. The van der Waals surface area contributed by atoms with E-state index in [0.29, 0.717) is 0 Å². The average molecular weight is 277 g/mol. The van der Waals surface area contributed by atoms with E-state index in [4.69, 9.17) is 16.2 Å². The van der Waals surface area contributed by atoms with E-state index in [1.165, 1.54) is 0 Å². The molecule has 1 aromatic rings. The number of piperazine rings is 1. The van der Waals surface area contributed by atoms with Crippen LogP contribution in [-0.4, -0.2) is 60.2 Å². The summed E-state index contributed by atoms with van der Waals surface area (Å²) in [6, 6.07) is 2.01. The molecule has 1 aliphatic rings. The van der Waals surface area contributed by atoms with Gasteiger partial charge in [-0.05, 0) is 19.9 Å². The van der Waals surface area contributed by atoms with Gasteiger partial charge >= 0.3 is 0 Å². The molecule has 0 bridgehead atoms. The first-order valence-electron chi connectivity index (χ1n) is 6.93. The molecule has 0 spiro atoms. The summed E-state index contributed by atoms with van der Waals surface area (Å²) in [5.41, 5.74) is 9.22. The highest BCUT2D eigenvalue weighted by Crippen LogP contribution is 2.24. The Morgan fingerprint density at radius 3 is 2.55 bits per heavy atom. The zero-order chi connectivity index (χ0) is 14.7. The minimum Gasteiger partial charge on any atom is -0.395 e. The largest absolute Gasteiger partial charge is 0.395 e. The van der Waals surface area contributed by atoms with E-state index in [-0.39, 0.29) is 12.4 Å². The fourth-order valence-corrected chi connectivity index (χ4v) is 2.74. The molecule has 1 fully saturated rings. The molecule has 0 saturated carbocycles. The van der Waals surface area contributed by atoms with Crippen molar-refractivity contribution >= 4 is 11.5 Å². The van der Waals surface area contributed by atoms with E-state index in [2.05, 4.69) is 14.8 Å². The van der Waals surface area contributed by atoms with Crippen molar-refractivity contribution in [2.75, 3.05) is 44.2 Å². The molecule has 0 aromatic carbocycles. The topological polar surface area (TPSA) is 89.5 Å². The van der Waals surface area contributed by atoms with Gasteiger partial charge < -0.3 is 15.7 Å². The Morgan fingerprint density at radius 1 is 1.35 bits per heavy atom. The molecule has 2 heterocycles. The molecule has 20 heavy (non-hydrogen) atoms. The van der Waals surface area contributed by atoms with Crippen LogP contribution in [0.5, 0.6) is 0 Å². The summed E-state index contributed by atoms with van der Waals surface area (Å²) in [7, 11) is 0. The van der Waals surface area contributed by atoms with Crippen LogP contribution in [0.1, 0.15) is 17.0 Å². The second kappa shape index (κ2) is 6.19. The van der Waals surface area contributed by atoms with Crippen LogP contribution < -0.4 is 10.6 Å². The van der Waals surface area contributed by atoms with Crippen LogP contribution >= 0.6 is 0 Å². The van der Waals surface area contributed by atoms with Gasteiger partial charge in [-0.25, -0.2) is 0 Å². The smallest absolute Gasteiger partial charge is 0.126 e. The van der Waals surface area contributed by atoms with Gasteiger partial charge in [0.15, 0.2) is 0 Å². The lowest BCUT2D eigenvalue weighted by atomic mass is 10.1. The maximum Gasteiger partial charge on any atom is 0.126 e. The number of nitrogens with two attached hydrogens (primary N) is 1. The normalized spacial score (nSPS) is 16.4. The molecule has 0 radical (unpaired) electrons. The van der Waals surface area contributed by atoms with Crippen molar-refractivity contribution in [2.24, 2.45) is 5.73 Å². The third-order valence-electron chi connectivity index (χ3n) is 3.71. The number of aliphatic hydroxyl groups is 1. The molecule has 4 N–H and O–H groups in total. The molecular formula is C14H23N5O. The molecular weight excluding hydrogens is 254 g/mol. The maximum atomic E-state index is 8.98. The molecule has 6 nitrogen and oxygen atoms in total. The summed E-state index contributed by atoms with van der Waals surface area (Å²) < 4.78 is 0. The standard InChI is InChI=1S/C14H23N5O/c1-10-9-12(13(14(15)16)11(2)17-10)19-5-3-18(4-6-19)7-8-20/h9,20H,3-8H2,1-2H3,(H3,15,16). The van der Waals surface area contributed by atoms with Crippen molar-refractivity contribution in [3.05, 3.63) is 23.0 Å². The molecule has 110 valence electrons. The molecule has 0 aliphatic carbocycles. The van der Waals surface area contributed by atoms with Crippen molar-refractivity contribution in [1.29, 1.82) is 5.41 Å². The number of hydrogen-bond acceptors (Lipinski definition) is 5. The minimum absolute atomic E-state index is 0.0720. The molecule has 0 amide bonds. The summed E-state index contributed by atoms with van der Waals surface area (Å²) in [5, 5.41) is 16.8. The Bertz CT molecular complexity index is 495. The first-order valence-corrected chi connectivity index (χ1v) is 6.93. The van der Waals surface area contributed by atoms with Gasteiger partial charge in [-0.1, -0.05) is 0 Å². The molecule has 1 aliphatic heterocycles. The molecule has 6 heteroatoms. The Balaban J connectivity index is 2.23. The van der Waals surface area contributed by atoms with E-state index < -0.39 is 0 Å². The van der Waals surface area contributed by atoms with Gasteiger partial charge in [-0.2, -0.15) is 0 Å². The van der Waals surface area contributed by atoms with Gasteiger partial charge in [0.1, 0.15) is 5.84 Å². The van der Waals surface area contributed by atoms with E-state index in [9.17, 15) is 0 Å². The van der Waals surface area contributed by atoms with Gasteiger partial charge in [-0.3, -0.25) is 15.3 Å². The van der Waals surface area contributed by atoms with Gasteiger partial charge in [-0.15, -0.1) is 0 Å². The second-order valence-electron chi connectivity index (χ2n) is 5.21. The lowest BCUT2D eigenvalue weighted by Gasteiger charge is -2.36. The third kappa shape index (κ3) is 3.08. The summed E-state index contributed by atoms with van der Waals surface area (Å²) in [6.45, 7) is 8.37. The number of nitrogens with one attached hydrogen (secondary N) is 1. The molecule has 0 atom stereocenters. The third-order valence-corrected chi connectivity index (χ3v) is 3.71. The van der Waals surface area contributed by atoms with Gasteiger partial charge in [0.25, 0.3) is 0 Å². The Hall–Kier alpha value is -1.66. The summed E-state index contributed by atoms with van der Waals surface area (Å²) in [6.07, 6.45) is 0. The quantitative estimate of drug-likeness (QED) is 0.536. The highest BCUT2D eigenvalue weighted by Gasteiger charge is 2.21. The predicted octanol–water partition coefficient (Wildman–Crippen LogP) is 0.0968. The molecule has 1 aromatic heterocycles. The van der Waals surface area contributed by atoms with Gasteiger partial charge in [0.2, 0.25) is 0 Å². The Morgan fingerprint density at radius 2 is 2.00 bits per heavy atom. The number of hydrogen-bond donors (Lipinski definition) is 3. The second-order valence-corrected chi connectivity index (χ2v) is 5.21. The van der Waals surface area contributed by atoms with Crippen LogP contribution in [0.2, 0.25) is 0 Å². The van der Waals surface area contributed by atoms with E-state index in [1.54, 1.807) is 0 Å². The van der Waals surface area contributed by atoms with Crippen LogP contribution in [-0.2, 0) is 0 Å². The monoisotopic (exact) mass is 277 g/mol. The SMILES string of the molecule is Cc1cc(N2CCN(CCO)CC2)c(C(=N)N)c(C)n1. The number of aryl methyl sites for hydroxylation is 2.